The molecule has 47 heavy (non-hydrogen) atoms. The van der Waals surface area contributed by atoms with Crippen LogP contribution in [-0.4, -0.2) is 49.0 Å². The first-order chi connectivity index (χ1) is 22.7. The number of amides is 3. The standard InChI is InChI=1S/C36H37N5O6/c1-6-46-35(43)33-23(3)38-36(44)39-34(33)27-14-17-30(31(19-27)45-5)47-21-32(42)40-37-20-28-18-22(2)41(24(28)4)29-15-12-26(13-16-29)25-10-8-7-9-11-25/h7-20,34H,6,21H2,1-5H3,(H,40,42)(H2,38,39,44)/b37-20+/t34-/m0/s1. The van der Waals surface area contributed by atoms with Gasteiger partial charge in [-0.3, -0.25) is 4.79 Å². The van der Waals surface area contributed by atoms with E-state index in [4.69, 9.17) is 14.2 Å². The molecule has 3 N–H and O–H groups in total. The van der Waals surface area contributed by atoms with Crippen molar-refractivity contribution in [2.75, 3.05) is 20.3 Å². The number of hydrazone groups is 1. The molecule has 0 unspecified atom stereocenters. The molecule has 0 saturated heterocycles. The second-order valence-corrected chi connectivity index (χ2v) is 10.9. The summed E-state index contributed by atoms with van der Waals surface area (Å²) in [6.45, 7) is 7.24. The SMILES string of the molecule is CCOC(=O)C1=C(C)NC(=O)N[C@H]1c1ccc(OCC(=O)N/N=C/c2cc(C)n(-c3ccc(-c4ccccc4)cc3)c2C)c(OC)c1. The summed E-state index contributed by atoms with van der Waals surface area (Å²) in [6, 6.07) is 24.3. The molecule has 1 aliphatic rings. The highest BCUT2D eigenvalue weighted by Gasteiger charge is 2.32. The minimum absolute atomic E-state index is 0.189. The summed E-state index contributed by atoms with van der Waals surface area (Å²) in [5, 5.41) is 9.50. The molecule has 11 heteroatoms. The van der Waals surface area contributed by atoms with Crippen molar-refractivity contribution in [1.29, 1.82) is 0 Å². The monoisotopic (exact) mass is 635 g/mol. The van der Waals surface area contributed by atoms with Crippen molar-refractivity contribution in [3.05, 3.63) is 113 Å². The predicted molar refractivity (Wildman–Crippen MR) is 179 cm³/mol. The fourth-order valence-corrected chi connectivity index (χ4v) is 5.50. The van der Waals surface area contributed by atoms with Crippen molar-refractivity contribution in [2.45, 2.75) is 33.7 Å². The molecule has 0 fully saturated rings. The van der Waals surface area contributed by atoms with Crippen LogP contribution in [0.5, 0.6) is 11.5 Å². The van der Waals surface area contributed by atoms with Crippen molar-refractivity contribution >= 4 is 24.1 Å². The number of rotatable bonds is 11. The van der Waals surface area contributed by atoms with Gasteiger partial charge in [-0.15, -0.1) is 0 Å². The van der Waals surface area contributed by atoms with E-state index in [-0.39, 0.29) is 18.8 Å². The molecule has 0 radical (unpaired) electrons. The van der Waals surface area contributed by atoms with Gasteiger partial charge in [-0.05, 0) is 74.7 Å². The van der Waals surface area contributed by atoms with Gasteiger partial charge in [0.05, 0.1) is 31.5 Å². The molecule has 11 nitrogen and oxygen atoms in total. The van der Waals surface area contributed by atoms with Crippen LogP contribution in [0.4, 0.5) is 4.79 Å². The summed E-state index contributed by atoms with van der Waals surface area (Å²) in [5.74, 6) is -0.391. The molecule has 0 bridgehead atoms. The lowest BCUT2D eigenvalue weighted by atomic mass is 9.95. The molecule has 242 valence electrons. The summed E-state index contributed by atoms with van der Waals surface area (Å²) < 4.78 is 18.5. The maximum Gasteiger partial charge on any atom is 0.338 e. The topological polar surface area (TPSA) is 132 Å². The average Bonchev–Trinajstić information content (AvgIpc) is 3.35. The van der Waals surface area contributed by atoms with E-state index >= 15 is 0 Å². The lowest BCUT2D eigenvalue weighted by Gasteiger charge is -2.28. The van der Waals surface area contributed by atoms with Gasteiger partial charge in [0.2, 0.25) is 0 Å². The number of aromatic nitrogens is 1. The maximum absolute atomic E-state index is 12.6. The number of ether oxygens (including phenoxy) is 3. The first-order valence-electron chi connectivity index (χ1n) is 15.1. The van der Waals surface area contributed by atoms with Crippen molar-refractivity contribution in [1.82, 2.24) is 20.6 Å². The molecule has 0 saturated carbocycles. The Kier molecular flexibility index (Phi) is 10.0. The second kappa shape index (κ2) is 14.5. The van der Waals surface area contributed by atoms with Gasteiger partial charge in [-0.2, -0.15) is 5.10 Å². The maximum atomic E-state index is 12.6. The fraction of sp³-hybridized carbons (Fsp3) is 0.222. The first-order valence-corrected chi connectivity index (χ1v) is 15.1. The number of hydrogen-bond donors (Lipinski definition) is 3. The Morgan fingerprint density at radius 3 is 2.38 bits per heavy atom. The van der Waals surface area contributed by atoms with Gasteiger partial charge < -0.3 is 29.4 Å². The number of carbonyl (C=O) groups excluding carboxylic acids is 3. The molecule has 0 spiro atoms. The van der Waals surface area contributed by atoms with E-state index in [2.05, 4.69) is 62.1 Å². The molecule has 3 amide bonds. The third-order valence-corrected chi connectivity index (χ3v) is 7.74. The largest absolute Gasteiger partial charge is 0.493 e. The molecule has 2 heterocycles. The van der Waals surface area contributed by atoms with E-state index in [1.54, 1.807) is 38.3 Å². The quantitative estimate of drug-likeness (QED) is 0.113. The highest BCUT2D eigenvalue weighted by Crippen LogP contribution is 2.34. The van der Waals surface area contributed by atoms with Crippen molar-refractivity contribution in [2.24, 2.45) is 5.10 Å². The Hall–Kier alpha value is -5.84. The van der Waals surface area contributed by atoms with Crippen LogP contribution in [-0.2, 0) is 14.3 Å². The average molecular weight is 636 g/mol. The van der Waals surface area contributed by atoms with Crippen LogP contribution in [0.15, 0.2) is 95.2 Å². The number of esters is 1. The number of aryl methyl sites for hydroxylation is 1. The Balaban J connectivity index is 1.22. The van der Waals surface area contributed by atoms with Gasteiger partial charge in [0.15, 0.2) is 18.1 Å². The number of carbonyl (C=O) groups is 3. The predicted octanol–water partition coefficient (Wildman–Crippen LogP) is 5.49. The first kappa shape index (κ1) is 32.6. The Morgan fingerprint density at radius 1 is 0.957 bits per heavy atom. The Bertz CT molecular complexity index is 1840. The zero-order valence-corrected chi connectivity index (χ0v) is 26.9. The molecule has 1 aliphatic heterocycles. The summed E-state index contributed by atoms with van der Waals surface area (Å²) in [5.41, 5.74) is 9.97. The van der Waals surface area contributed by atoms with Gasteiger partial charge in [-0.25, -0.2) is 15.0 Å². The zero-order valence-electron chi connectivity index (χ0n) is 26.9. The van der Waals surface area contributed by atoms with Crippen LogP contribution >= 0.6 is 0 Å². The lowest BCUT2D eigenvalue weighted by Crippen LogP contribution is -2.45. The number of nitrogens with one attached hydrogen (secondary N) is 3. The van der Waals surface area contributed by atoms with Crippen molar-refractivity contribution in [3.63, 3.8) is 0 Å². The van der Waals surface area contributed by atoms with E-state index in [0.29, 0.717) is 22.8 Å². The smallest absolute Gasteiger partial charge is 0.338 e. The molecule has 1 atom stereocenters. The minimum atomic E-state index is -0.765. The summed E-state index contributed by atoms with van der Waals surface area (Å²) in [6.07, 6.45) is 1.61. The molecule has 1 aromatic heterocycles. The Morgan fingerprint density at radius 2 is 1.68 bits per heavy atom. The van der Waals surface area contributed by atoms with Crippen molar-refractivity contribution in [3.8, 4) is 28.3 Å². The van der Waals surface area contributed by atoms with E-state index in [0.717, 1.165) is 33.8 Å². The second-order valence-electron chi connectivity index (χ2n) is 10.9. The number of nitrogens with zero attached hydrogens (tertiary/aromatic N) is 2. The van der Waals surface area contributed by atoms with E-state index in [1.807, 2.05) is 38.1 Å². The summed E-state index contributed by atoms with van der Waals surface area (Å²) in [4.78, 5) is 37.4. The van der Waals surface area contributed by atoms with Crippen LogP contribution in [0.2, 0.25) is 0 Å². The number of benzene rings is 3. The number of allylic oxidation sites excluding steroid dienone is 1. The number of hydrogen-bond acceptors (Lipinski definition) is 7. The molecule has 5 rings (SSSR count). The number of methoxy groups -OCH3 is 1. The molecule has 0 aliphatic carbocycles. The zero-order chi connectivity index (χ0) is 33.5. The Labute approximate surface area is 273 Å². The minimum Gasteiger partial charge on any atom is -0.493 e. The van der Waals surface area contributed by atoms with Gasteiger partial charge in [0.25, 0.3) is 5.91 Å². The van der Waals surface area contributed by atoms with E-state index < -0.39 is 23.9 Å². The van der Waals surface area contributed by atoms with E-state index in [1.165, 1.54) is 7.11 Å². The lowest BCUT2D eigenvalue weighted by molar-refractivity contribution is -0.139. The highest BCUT2D eigenvalue weighted by molar-refractivity contribution is 5.95. The third-order valence-electron chi connectivity index (χ3n) is 7.74. The summed E-state index contributed by atoms with van der Waals surface area (Å²) >= 11 is 0. The molecule has 4 aromatic rings. The van der Waals surface area contributed by atoms with Crippen LogP contribution in [0.1, 0.15) is 42.4 Å². The molecular weight excluding hydrogens is 598 g/mol. The molecule has 3 aromatic carbocycles. The van der Waals surface area contributed by atoms with Gasteiger partial charge in [0.1, 0.15) is 0 Å². The normalized spacial score (nSPS) is 14.4. The van der Waals surface area contributed by atoms with Crippen LogP contribution in [0.3, 0.4) is 0 Å². The van der Waals surface area contributed by atoms with E-state index in [9.17, 15) is 14.4 Å². The van der Waals surface area contributed by atoms with Crippen molar-refractivity contribution < 1.29 is 28.6 Å². The van der Waals surface area contributed by atoms with Gasteiger partial charge >= 0.3 is 12.0 Å². The van der Waals surface area contributed by atoms with Crippen LogP contribution in [0, 0.1) is 13.8 Å². The summed E-state index contributed by atoms with van der Waals surface area (Å²) in [7, 11) is 1.46. The third kappa shape index (κ3) is 7.36. The number of urea groups is 1. The highest BCUT2D eigenvalue weighted by atomic mass is 16.5. The van der Waals surface area contributed by atoms with Gasteiger partial charge in [0, 0.05) is 28.3 Å². The fourth-order valence-electron chi connectivity index (χ4n) is 5.50. The molecular formula is C36H37N5O6. The van der Waals surface area contributed by atoms with Crippen LogP contribution < -0.4 is 25.5 Å². The van der Waals surface area contributed by atoms with Crippen LogP contribution in [0.25, 0.3) is 16.8 Å². The van der Waals surface area contributed by atoms with Gasteiger partial charge in [-0.1, -0.05) is 48.5 Å².